The van der Waals surface area contributed by atoms with E-state index in [9.17, 15) is 4.79 Å². The molecule has 1 rings (SSSR count). The molecule has 4 nitrogen and oxygen atoms in total. The van der Waals surface area contributed by atoms with Crippen molar-refractivity contribution in [2.24, 2.45) is 5.92 Å². The van der Waals surface area contributed by atoms with Crippen LogP contribution in [0, 0.1) is 5.92 Å². The lowest BCUT2D eigenvalue weighted by Crippen LogP contribution is -2.33. The summed E-state index contributed by atoms with van der Waals surface area (Å²) >= 11 is 5.15. The second-order valence-electron chi connectivity index (χ2n) is 6.01. The largest absolute Gasteiger partial charge is 0.494 e. The van der Waals surface area contributed by atoms with E-state index >= 15 is 0 Å². The maximum Gasteiger partial charge on any atom is 0.226 e. The summed E-state index contributed by atoms with van der Waals surface area (Å²) in [5.74, 6) is 1.43. The molecule has 1 amide bonds. The van der Waals surface area contributed by atoms with Gasteiger partial charge in [0.2, 0.25) is 5.91 Å². The fourth-order valence-electron chi connectivity index (χ4n) is 1.93. The standard InChI is InChI=1S/C18H28N2O2S/c1-4-5-6-7-17(21)20-18(23)19-15-8-10-16(11-9-15)22-13-12-14(2)3/h8-11,14H,4-7,12-13H2,1-3H3,(H2,19,20,21,23). The van der Waals surface area contributed by atoms with Gasteiger partial charge in [-0.3, -0.25) is 4.79 Å². The Kier molecular flexibility index (Phi) is 9.29. The van der Waals surface area contributed by atoms with Crippen LogP contribution in [0.15, 0.2) is 24.3 Å². The lowest BCUT2D eigenvalue weighted by Gasteiger charge is -2.11. The molecule has 5 heteroatoms. The highest BCUT2D eigenvalue weighted by atomic mass is 32.1. The normalized spacial score (nSPS) is 10.4. The zero-order chi connectivity index (χ0) is 17.1. The quantitative estimate of drug-likeness (QED) is 0.515. The minimum atomic E-state index is -0.0374. The van der Waals surface area contributed by atoms with Crippen molar-refractivity contribution in [1.29, 1.82) is 0 Å². The van der Waals surface area contributed by atoms with Gasteiger partial charge in [-0.2, -0.15) is 0 Å². The first-order valence-electron chi connectivity index (χ1n) is 8.35. The number of carbonyl (C=O) groups is 1. The highest BCUT2D eigenvalue weighted by Crippen LogP contribution is 2.16. The molecule has 2 N–H and O–H groups in total. The third kappa shape index (κ3) is 9.18. The fourth-order valence-corrected chi connectivity index (χ4v) is 2.17. The number of carbonyl (C=O) groups excluding carboxylic acids is 1. The van der Waals surface area contributed by atoms with Crippen molar-refractivity contribution in [3.63, 3.8) is 0 Å². The Labute approximate surface area is 145 Å². The van der Waals surface area contributed by atoms with E-state index in [0.717, 1.165) is 43.7 Å². The number of amides is 1. The smallest absolute Gasteiger partial charge is 0.226 e. The van der Waals surface area contributed by atoms with E-state index in [4.69, 9.17) is 17.0 Å². The number of unbranched alkanes of at least 4 members (excludes halogenated alkanes) is 2. The van der Waals surface area contributed by atoms with Gasteiger partial charge in [-0.25, -0.2) is 0 Å². The summed E-state index contributed by atoms with van der Waals surface area (Å²) in [6.45, 7) is 7.18. The molecule has 0 saturated carbocycles. The lowest BCUT2D eigenvalue weighted by atomic mass is 10.1. The number of ether oxygens (including phenoxy) is 1. The second-order valence-corrected chi connectivity index (χ2v) is 6.42. The van der Waals surface area contributed by atoms with Crippen molar-refractivity contribution in [3.8, 4) is 5.75 Å². The summed E-state index contributed by atoms with van der Waals surface area (Å²) in [6.07, 6.45) is 4.60. The molecule has 0 radical (unpaired) electrons. The number of hydrogen-bond acceptors (Lipinski definition) is 3. The number of nitrogens with one attached hydrogen (secondary N) is 2. The van der Waals surface area contributed by atoms with E-state index in [1.165, 1.54) is 0 Å². The van der Waals surface area contributed by atoms with E-state index in [0.29, 0.717) is 17.5 Å². The van der Waals surface area contributed by atoms with Gasteiger partial charge < -0.3 is 15.4 Å². The number of thiocarbonyl (C=S) groups is 1. The molecule has 1 aromatic carbocycles. The van der Waals surface area contributed by atoms with Gasteiger partial charge in [-0.15, -0.1) is 0 Å². The summed E-state index contributed by atoms with van der Waals surface area (Å²) in [6, 6.07) is 7.57. The fraction of sp³-hybridized carbons (Fsp3) is 0.556. The van der Waals surface area contributed by atoms with Crippen LogP contribution >= 0.6 is 12.2 Å². The highest BCUT2D eigenvalue weighted by Gasteiger charge is 2.05. The predicted octanol–water partition coefficient (Wildman–Crippen LogP) is 4.50. The summed E-state index contributed by atoms with van der Waals surface area (Å²) in [4.78, 5) is 11.7. The van der Waals surface area contributed by atoms with Gasteiger partial charge in [-0.05, 0) is 55.2 Å². The van der Waals surface area contributed by atoms with Gasteiger partial charge in [0.05, 0.1) is 6.61 Å². The molecule has 0 unspecified atom stereocenters. The molecule has 0 saturated heterocycles. The first kappa shape index (κ1) is 19.4. The Hall–Kier alpha value is -1.62. The maximum atomic E-state index is 11.7. The van der Waals surface area contributed by atoms with E-state index in [-0.39, 0.29) is 5.91 Å². The van der Waals surface area contributed by atoms with Crippen molar-refractivity contribution in [2.45, 2.75) is 52.9 Å². The molecule has 128 valence electrons. The minimum Gasteiger partial charge on any atom is -0.494 e. The Balaban J connectivity index is 2.33. The van der Waals surface area contributed by atoms with E-state index in [2.05, 4.69) is 31.4 Å². The number of hydrogen-bond donors (Lipinski definition) is 2. The molecule has 0 heterocycles. The van der Waals surface area contributed by atoms with Gasteiger partial charge >= 0.3 is 0 Å². The van der Waals surface area contributed by atoms with Crippen LogP contribution in [0.4, 0.5) is 5.69 Å². The lowest BCUT2D eigenvalue weighted by molar-refractivity contribution is -0.119. The maximum absolute atomic E-state index is 11.7. The zero-order valence-electron chi connectivity index (χ0n) is 14.4. The van der Waals surface area contributed by atoms with Gasteiger partial charge in [0.15, 0.2) is 5.11 Å². The van der Waals surface area contributed by atoms with Crippen LogP contribution in [0.25, 0.3) is 0 Å². The first-order valence-corrected chi connectivity index (χ1v) is 8.75. The van der Waals surface area contributed by atoms with Crippen LogP contribution in [0.1, 0.15) is 52.9 Å². The average Bonchev–Trinajstić information content (AvgIpc) is 2.49. The van der Waals surface area contributed by atoms with E-state index < -0.39 is 0 Å². The van der Waals surface area contributed by atoms with Crippen LogP contribution in [0.2, 0.25) is 0 Å². The summed E-state index contributed by atoms with van der Waals surface area (Å²) in [5.41, 5.74) is 0.833. The molecule has 1 aromatic rings. The SMILES string of the molecule is CCCCCC(=O)NC(=S)Nc1ccc(OCCC(C)C)cc1. The monoisotopic (exact) mass is 336 g/mol. The molecule has 0 spiro atoms. The highest BCUT2D eigenvalue weighted by molar-refractivity contribution is 7.80. The van der Waals surface area contributed by atoms with Gasteiger partial charge in [0.25, 0.3) is 0 Å². The molecular weight excluding hydrogens is 308 g/mol. The summed E-state index contributed by atoms with van der Waals surface area (Å²) in [5, 5.41) is 6.04. The van der Waals surface area contributed by atoms with Crippen LogP contribution < -0.4 is 15.4 Å². The molecule has 0 aliphatic carbocycles. The summed E-state index contributed by atoms with van der Waals surface area (Å²) in [7, 11) is 0. The molecule has 0 aliphatic rings. The Morgan fingerprint density at radius 1 is 1.22 bits per heavy atom. The molecule has 0 aliphatic heterocycles. The molecule has 0 atom stereocenters. The first-order chi connectivity index (χ1) is 11.0. The number of benzene rings is 1. The molecule has 0 bridgehead atoms. The van der Waals surface area contributed by atoms with Crippen molar-refractivity contribution < 1.29 is 9.53 Å². The van der Waals surface area contributed by atoms with E-state index in [1.807, 2.05) is 24.3 Å². The summed E-state index contributed by atoms with van der Waals surface area (Å²) < 4.78 is 5.67. The third-order valence-corrected chi connectivity index (χ3v) is 3.54. The van der Waals surface area contributed by atoms with Gasteiger partial charge in [-0.1, -0.05) is 33.6 Å². The van der Waals surface area contributed by atoms with Gasteiger partial charge in [0.1, 0.15) is 5.75 Å². The van der Waals surface area contributed by atoms with Crippen molar-refractivity contribution in [3.05, 3.63) is 24.3 Å². The minimum absolute atomic E-state index is 0.0374. The van der Waals surface area contributed by atoms with Crippen molar-refractivity contribution in [2.75, 3.05) is 11.9 Å². The van der Waals surface area contributed by atoms with Crippen molar-refractivity contribution >= 4 is 28.9 Å². The zero-order valence-corrected chi connectivity index (χ0v) is 15.2. The van der Waals surface area contributed by atoms with Gasteiger partial charge in [0, 0.05) is 12.1 Å². The van der Waals surface area contributed by atoms with Crippen LogP contribution in [-0.4, -0.2) is 17.6 Å². The van der Waals surface area contributed by atoms with Crippen molar-refractivity contribution in [1.82, 2.24) is 5.32 Å². The molecule has 0 fully saturated rings. The van der Waals surface area contributed by atoms with Crippen LogP contribution in [-0.2, 0) is 4.79 Å². The van der Waals surface area contributed by atoms with Crippen LogP contribution in [0.5, 0.6) is 5.75 Å². The topological polar surface area (TPSA) is 50.4 Å². The molecule has 0 aromatic heterocycles. The number of rotatable bonds is 9. The Morgan fingerprint density at radius 2 is 1.91 bits per heavy atom. The van der Waals surface area contributed by atoms with Crippen LogP contribution in [0.3, 0.4) is 0 Å². The predicted molar refractivity (Wildman–Crippen MR) is 99.9 cm³/mol. The molecule has 23 heavy (non-hydrogen) atoms. The third-order valence-electron chi connectivity index (χ3n) is 3.34. The number of anilines is 1. The van der Waals surface area contributed by atoms with E-state index in [1.54, 1.807) is 0 Å². The second kappa shape index (κ2) is 11.0. The molecular formula is C18H28N2O2S. The average molecular weight is 337 g/mol. The Morgan fingerprint density at radius 3 is 2.52 bits per heavy atom. The Bertz CT molecular complexity index is 486.